The van der Waals surface area contributed by atoms with E-state index in [0.29, 0.717) is 36.9 Å². The lowest BCUT2D eigenvalue weighted by Gasteiger charge is -2.61. The van der Waals surface area contributed by atoms with Gasteiger partial charge in [-0.05, 0) is 44.9 Å². The van der Waals surface area contributed by atoms with E-state index in [1.807, 2.05) is 17.5 Å². The number of hydrogen-bond acceptors (Lipinski definition) is 7. The van der Waals surface area contributed by atoms with Gasteiger partial charge in [0.15, 0.2) is 5.82 Å². The van der Waals surface area contributed by atoms with Crippen LogP contribution in [0.25, 0.3) is 5.65 Å². The topological polar surface area (TPSA) is 118 Å². The minimum Gasteiger partial charge on any atom is -0.443 e. The van der Waals surface area contributed by atoms with E-state index in [1.54, 1.807) is 19.4 Å². The molecule has 4 fully saturated rings. The number of carbonyl (C=O) groups is 1. The SMILES string of the molecule is COCc1cn2c(Nc3cc([C@H]4CC[C@@H](OC(=O)NC56CC(C5)C6)[C@@H]4F)[nH]n3)ncc(C)c2n1. The number of aromatic amines is 1. The molecule has 3 heterocycles. The van der Waals surface area contributed by atoms with Gasteiger partial charge in [-0.3, -0.25) is 9.50 Å². The Bertz CT molecular complexity index is 1220. The maximum atomic E-state index is 15.2. The van der Waals surface area contributed by atoms with Crippen molar-refractivity contribution < 1.29 is 18.7 Å². The van der Waals surface area contributed by atoms with Crippen molar-refractivity contribution in [3.05, 3.63) is 35.4 Å². The third-order valence-electron chi connectivity index (χ3n) is 7.41. The number of alkyl halides is 1. The van der Waals surface area contributed by atoms with Crippen molar-refractivity contribution in [1.29, 1.82) is 0 Å². The molecule has 11 heteroatoms. The Morgan fingerprint density at radius 3 is 2.91 bits per heavy atom. The molecule has 0 saturated heterocycles. The number of alkyl carbamates (subject to hydrolysis) is 1. The summed E-state index contributed by atoms with van der Waals surface area (Å²) in [5, 5.41) is 13.4. The molecule has 4 saturated carbocycles. The van der Waals surface area contributed by atoms with Gasteiger partial charge in [0, 0.05) is 48.3 Å². The van der Waals surface area contributed by atoms with Gasteiger partial charge in [0.05, 0.1) is 12.3 Å². The highest BCUT2D eigenvalue weighted by Crippen LogP contribution is 2.57. The van der Waals surface area contributed by atoms with Crippen LogP contribution in [0.15, 0.2) is 18.5 Å². The van der Waals surface area contributed by atoms with E-state index < -0.39 is 24.3 Å². The summed E-state index contributed by atoms with van der Waals surface area (Å²) in [5.41, 5.74) is 3.09. The van der Waals surface area contributed by atoms with E-state index in [2.05, 4.69) is 30.8 Å². The molecule has 4 aliphatic rings. The molecule has 0 unspecified atom stereocenters. The number of rotatable bonds is 7. The molecule has 3 aromatic heterocycles. The fraction of sp³-hybridized carbons (Fsp3) is 0.565. The first-order chi connectivity index (χ1) is 16.4. The van der Waals surface area contributed by atoms with Gasteiger partial charge in [0.25, 0.3) is 0 Å². The quantitative estimate of drug-likeness (QED) is 0.485. The van der Waals surface area contributed by atoms with E-state index in [0.717, 1.165) is 42.1 Å². The highest BCUT2D eigenvalue weighted by Gasteiger charge is 2.58. The standard InChI is InChI=1S/C23H28FN7O3/c1-12-9-25-21(31-10-14(11-33-2)26-20(12)31)27-18-5-16(29-30-18)15-3-4-17(19(15)24)34-22(32)28-23-6-13(7-23)8-23/h5,9-10,13,15,17,19H,3-4,6-8,11H2,1-2H3,(H,28,32)(H2,25,27,29,30)/t13?,15-,17-,19-,23?/m1/s1. The molecule has 0 aromatic carbocycles. The lowest BCUT2D eigenvalue weighted by Crippen LogP contribution is -2.68. The van der Waals surface area contributed by atoms with Gasteiger partial charge in [-0.25, -0.2) is 19.2 Å². The first-order valence-corrected chi connectivity index (χ1v) is 11.7. The molecule has 3 N–H and O–H groups in total. The van der Waals surface area contributed by atoms with Crippen molar-refractivity contribution in [3.63, 3.8) is 0 Å². The highest BCUT2D eigenvalue weighted by atomic mass is 19.1. The average molecular weight is 470 g/mol. The lowest BCUT2D eigenvalue weighted by molar-refractivity contribution is -0.0532. The van der Waals surface area contributed by atoms with Gasteiger partial charge in [-0.1, -0.05) is 0 Å². The number of aryl methyl sites for hydroxylation is 1. The molecule has 1 amide bonds. The van der Waals surface area contributed by atoms with E-state index in [1.165, 1.54) is 0 Å². The largest absolute Gasteiger partial charge is 0.443 e. The summed E-state index contributed by atoms with van der Waals surface area (Å²) >= 11 is 0. The summed E-state index contributed by atoms with van der Waals surface area (Å²) in [6.07, 6.45) is 5.18. The predicted molar refractivity (Wildman–Crippen MR) is 121 cm³/mol. The number of methoxy groups -OCH3 is 1. The van der Waals surface area contributed by atoms with Crippen molar-refractivity contribution in [1.82, 2.24) is 29.9 Å². The molecule has 7 rings (SSSR count). The number of H-pyrrole nitrogens is 1. The van der Waals surface area contributed by atoms with Crippen molar-refractivity contribution >= 4 is 23.5 Å². The molecular formula is C23H28FN7O3. The van der Waals surface area contributed by atoms with Crippen LogP contribution in [0.1, 0.15) is 55.0 Å². The zero-order valence-corrected chi connectivity index (χ0v) is 19.2. The zero-order chi connectivity index (χ0) is 23.4. The Morgan fingerprint density at radius 2 is 2.18 bits per heavy atom. The number of nitrogens with one attached hydrogen (secondary N) is 3. The minimum atomic E-state index is -1.29. The summed E-state index contributed by atoms with van der Waals surface area (Å²) in [6, 6.07) is 1.78. The van der Waals surface area contributed by atoms with Gasteiger partial charge in [-0.15, -0.1) is 0 Å². The van der Waals surface area contributed by atoms with E-state index in [9.17, 15) is 4.79 Å². The van der Waals surface area contributed by atoms with Crippen molar-refractivity contribution in [3.8, 4) is 0 Å². The average Bonchev–Trinajstić information content (AvgIpc) is 3.47. The third kappa shape index (κ3) is 3.58. The minimum absolute atomic E-state index is 0.0789. The van der Waals surface area contributed by atoms with Crippen LogP contribution >= 0.6 is 0 Å². The molecular weight excluding hydrogens is 441 g/mol. The van der Waals surface area contributed by atoms with Gasteiger partial charge in [0.2, 0.25) is 5.95 Å². The zero-order valence-electron chi connectivity index (χ0n) is 19.2. The summed E-state index contributed by atoms with van der Waals surface area (Å²) in [7, 11) is 1.62. The number of amides is 1. The van der Waals surface area contributed by atoms with Gasteiger partial charge < -0.3 is 20.1 Å². The number of ether oxygens (including phenoxy) is 2. The van der Waals surface area contributed by atoms with Crippen LogP contribution in [0.2, 0.25) is 0 Å². The normalized spacial score (nSPS) is 29.5. The van der Waals surface area contributed by atoms with E-state index in [-0.39, 0.29) is 5.54 Å². The van der Waals surface area contributed by atoms with E-state index in [4.69, 9.17) is 9.47 Å². The van der Waals surface area contributed by atoms with Crippen molar-refractivity contribution in [2.24, 2.45) is 5.92 Å². The second-order valence-corrected chi connectivity index (χ2v) is 9.91. The van der Waals surface area contributed by atoms with Crippen LogP contribution in [0, 0.1) is 12.8 Å². The fourth-order valence-corrected chi connectivity index (χ4v) is 5.55. The fourth-order valence-electron chi connectivity index (χ4n) is 5.55. The Morgan fingerprint density at radius 1 is 1.35 bits per heavy atom. The third-order valence-corrected chi connectivity index (χ3v) is 7.41. The highest BCUT2D eigenvalue weighted by molar-refractivity contribution is 5.69. The maximum Gasteiger partial charge on any atom is 0.407 e. The van der Waals surface area contributed by atoms with Gasteiger partial charge in [-0.2, -0.15) is 5.10 Å². The van der Waals surface area contributed by atoms with Crippen molar-refractivity contribution in [2.45, 2.75) is 69.4 Å². The summed E-state index contributed by atoms with van der Waals surface area (Å²) in [4.78, 5) is 21.3. The van der Waals surface area contributed by atoms with Crippen LogP contribution in [-0.4, -0.2) is 55.6 Å². The summed E-state index contributed by atoms with van der Waals surface area (Å²) in [6.45, 7) is 2.34. The molecule has 3 atom stereocenters. The monoisotopic (exact) mass is 469 g/mol. The van der Waals surface area contributed by atoms with Gasteiger partial charge in [0.1, 0.15) is 17.9 Å². The lowest BCUT2D eigenvalue weighted by atomic mass is 9.50. The van der Waals surface area contributed by atoms with E-state index >= 15 is 4.39 Å². The Labute approximate surface area is 195 Å². The smallest absolute Gasteiger partial charge is 0.407 e. The number of aromatic nitrogens is 5. The maximum absolute atomic E-state index is 15.2. The molecule has 0 spiro atoms. The van der Waals surface area contributed by atoms with Crippen LogP contribution in [0.3, 0.4) is 0 Å². The second-order valence-electron chi connectivity index (χ2n) is 9.91. The number of imidazole rings is 1. The number of carbonyl (C=O) groups excluding carboxylic acids is 1. The van der Waals surface area contributed by atoms with Crippen LogP contribution < -0.4 is 10.6 Å². The second kappa shape index (κ2) is 7.93. The number of fused-ring (bicyclic) bond motifs is 1. The number of nitrogens with zero attached hydrogens (tertiary/aromatic N) is 4. The van der Waals surface area contributed by atoms with Crippen LogP contribution in [-0.2, 0) is 16.1 Å². The molecule has 0 aliphatic heterocycles. The molecule has 0 radical (unpaired) electrons. The number of anilines is 2. The molecule has 10 nitrogen and oxygen atoms in total. The molecule has 2 bridgehead atoms. The molecule has 4 aliphatic carbocycles. The molecule has 3 aromatic rings. The first-order valence-electron chi connectivity index (χ1n) is 11.7. The van der Waals surface area contributed by atoms with Gasteiger partial charge >= 0.3 is 6.09 Å². The Balaban J connectivity index is 1.12. The van der Waals surface area contributed by atoms with Crippen molar-refractivity contribution in [2.75, 3.05) is 12.4 Å². The predicted octanol–water partition coefficient (Wildman–Crippen LogP) is 3.51. The number of hydrogen-bond donors (Lipinski definition) is 3. The Kier molecular flexibility index (Phi) is 4.98. The van der Waals surface area contributed by atoms with Crippen LogP contribution in [0.4, 0.5) is 21.0 Å². The summed E-state index contributed by atoms with van der Waals surface area (Å²) < 4.78 is 27.7. The van der Waals surface area contributed by atoms with Crippen LogP contribution in [0.5, 0.6) is 0 Å². The summed E-state index contributed by atoms with van der Waals surface area (Å²) in [5.74, 6) is 1.40. The first kappa shape index (κ1) is 21.3. The Hall–Kier alpha value is -3.21. The number of halogens is 1. The molecule has 180 valence electrons. The molecule has 34 heavy (non-hydrogen) atoms.